The lowest BCUT2D eigenvalue weighted by molar-refractivity contribution is -0.137. The van der Waals surface area contributed by atoms with Gasteiger partial charge in [-0.05, 0) is 107 Å². The lowest BCUT2D eigenvalue weighted by Gasteiger charge is -2.38. The Balaban J connectivity index is 3.00. The first-order valence-electron chi connectivity index (χ1n) is 19.3. The van der Waals surface area contributed by atoms with Gasteiger partial charge in [-0.1, -0.05) is 94.2 Å². The van der Waals surface area contributed by atoms with Crippen LogP contribution >= 0.6 is 35.7 Å². The highest BCUT2D eigenvalue weighted by Gasteiger charge is 2.39. The molecule has 2 amide bonds. The molecule has 2 unspecified atom stereocenters. The van der Waals surface area contributed by atoms with Gasteiger partial charge in [0.1, 0.15) is 3.53 Å². The van der Waals surface area contributed by atoms with Gasteiger partial charge in [0.2, 0.25) is 11.8 Å². The molecule has 0 saturated heterocycles. The monoisotopic (exact) mass is 830 g/mol. The molecule has 0 aromatic heterocycles. The average Bonchev–Trinajstić information content (AvgIpc) is 3.04. The summed E-state index contributed by atoms with van der Waals surface area (Å²) in [6, 6.07) is 10.7. The zero-order valence-electron chi connectivity index (χ0n) is 33.9. The second-order valence-corrected chi connectivity index (χ2v) is 31.8. The number of amides is 2. The van der Waals surface area contributed by atoms with Gasteiger partial charge in [-0.3, -0.25) is 14.4 Å². The minimum Gasteiger partial charge on any atom is -0.481 e. The molecule has 298 valence electrons. The summed E-state index contributed by atoms with van der Waals surface area (Å²) in [7, 11) is -2.43. The molecule has 0 aliphatic heterocycles. The van der Waals surface area contributed by atoms with Crippen molar-refractivity contribution >= 4 is 82.2 Å². The molecule has 14 heteroatoms. The fourth-order valence-corrected chi connectivity index (χ4v) is 23.1. The highest BCUT2D eigenvalue weighted by Crippen LogP contribution is 2.31. The molecule has 52 heavy (non-hydrogen) atoms. The number of aliphatic carboxylic acids is 1. The molecule has 0 spiro atoms. The second-order valence-electron chi connectivity index (χ2n) is 15.8. The molecular weight excluding hydrogens is 761 g/mol. The third kappa shape index (κ3) is 22.4. The van der Waals surface area contributed by atoms with Crippen molar-refractivity contribution in [1.82, 2.24) is 10.2 Å². The minimum absolute atomic E-state index is 0.0121. The van der Waals surface area contributed by atoms with Gasteiger partial charge >= 0.3 is 14.5 Å². The van der Waals surface area contributed by atoms with E-state index in [9.17, 15) is 14.4 Å². The van der Waals surface area contributed by atoms with Crippen LogP contribution in [-0.4, -0.2) is 88.2 Å². The average molecular weight is 831 g/mol. The Morgan fingerprint density at radius 3 is 2.02 bits per heavy atom. The van der Waals surface area contributed by atoms with Gasteiger partial charge < -0.3 is 23.6 Å². The topological polar surface area (TPSA) is 105 Å². The Hall–Kier alpha value is -1.01. The number of carboxylic acid groups (broad SMARTS) is 1. The molecule has 0 heterocycles. The SMILES string of the molecule is CCCCCCSC(=S)SC(CC(Cc1ccc(CC[Si](C)(C)O[Si](C)(C)O[Si](C)(C)CCCC)cc1)C(=O)N(C)C)C(=O)NCCCCC(=O)O. The van der Waals surface area contributed by atoms with E-state index >= 15 is 0 Å². The van der Waals surface area contributed by atoms with Crippen molar-refractivity contribution < 1.29 is 27.7 Å². The number of hydrogen-bond acceptors (Lipinski definition) is 8. The predicted octanol–water partition coefficient (Wildman–Crippen LogP) is 9.88. The first-order chi connectivity index (χ1) is 24.3. The molecule has 1 aromatic rings. The standard InChI is InChI=1S/C38H70N2O6S3Si3/c1-11-13-15-18-26-48-38(47)49-34(36(43)39-25-17-16-19-35(41)42)30-33(37(44)40(3)4)29-32-22-20-31(21-23-32)24-28-51(7,8)46-52(9,10)45-50(5,6)27-14-12-2/h20-23,33-34H,11-19,24-30H2,1-10H3,(H,39,43)(H,41,42). The van der Waals surface area contributed by atoms with Crippen LogP contribution in [0.5, 0.6) is 0 Å². The summed E-state index contributed by atoms with van der Waals surface area (Å²) >= 11 is 8.71. The Bertz CT molecular complexity index is 1230. The second kappa shape index (κ2) is 25.2. The van der Waals surface area contributed by atoms with Crippen LogP contribution < -0.4 is 5.32 Å². The van der Waals surface area contributed by atoms with E-state index < -0.39 is 42.3 Å². The fourth-order valence-electron chi connectivity index (χ4n) is 6.29. The fraction of sp³-hybridized carbons (Fsp3) is 0.737. The van der Waals surface area contributed by atoms with Crippen molar-refractivity contribution in [3.8, 4) is 0 Å². The maximum absolute atomic E-state index is 13.5. The first-order valence-corrected chi connectivity index (χ1v) is 30.6. The van der Waals surface area contributed by atoms with Crippen molar-refractivity contribution in [2.24, 2.45) is 5.92 Å². The van der Waals surface area contributed by atoms with E-state index in [-0.39, 0.29) is 18.2 Å². The van der Waals surface area contributed by atoms with Crippen LogP contribution in [0.3, 0.4) is 0 Å². The van der Waals surface area contributed by atoms with Crippen LogP contribution in [0.15, 0.2) is 24.3 Å². The number of nitrogens with zero attached hydrogens (tertiary/aromatic N) is 1. The van der Waals surface area contributed by atoms with Crippen molar-refractivity contribution in [2.75, 3.05) is 26.4 Å². The summed E-state index contributed by atoms with van der Waals surface area (Å²) in [4.78, 5) is 39.6. The van der Waals surface area contributed by atoms with E-state index in [1.807, 2.05) is 0 Å². The molecule has 0 aliphatic carbocycles. The lowest BCUT2D eigenvalue weighted by atomic mass is 9.92. The third-order valence-corrected chi connectivity index (χ3v) is 23.1. The van der Waals surface area contributed by atoms with Gasteiger partial charge in [-0.15, -0.1) is 11.8 Å². The summed E-state index contributed by atoms with van der Waals surface area (Å²) in [5.41, 5.74) is 2.31. The van der Waals surface area contributed by atoms with E-state index in [0.29, 0.717) is 32.2 Å². The van der Waals surface area contributed by atoms with Crippen LogP contribution in [0.2, 0.25) is 51.4 Å². The zero-order valence-corrected chi connectivity index (χ0v) is 39.4. The van der Waals surface area contributed by atoms with Gasteiger partial charge in [0, 0.05) is 33.0 Å². The number of carbonyl (C=O) groups excluding carboxylic acids is 2. The van der Waals surface area contributed by atoms with Crippen LogP contribution in [0.1, 0.15) is 89.2 Å². The number of thiocarbonyl (C=S) groups is 1. The van der Waals surface area contributed by atoms with Crippen LogP contribution in [0.4, 0.5) is 0 Å². The maximum atomic E-state index is 13.5. The van der Waals surface area contributed by atoms with E-state index in [4.69, 9.17) is 25.6 Å². The molecule has 1 aromatic carbocycles. The Morgan fingerprint density at radius 2 is 1.44 bits per heavy atom. The number of nitrogens with one attached hydrogen (secondary N) is 1. The normalized spacial score (nSPS) is 13.4. The van der Waals surface area contributed by atoms with Crippen molar-refractivity contribution in [1.29, 1.82) is 0 Å². The van der Waals surface area contributed by atoms with Gasteiger partial charge in [-0.25, -0.2) is 0 Å². The number of hydrogen-bond donors (Lipinski definition) is 2. The molecule has 8 nitrogen and oxygen atoms in total. The number of benzene rings is 1. The Kier molecular flexibility index (Phi) is 23.8. The Morgan fingerprint density at radius 1 is 0.846 bits per heavy atom. The van der Waals surface area contributed by atoms with E-state index in [0.717, 1.165) is 40.2 Å². The molecular formula is C38H70N2O6S3Si3. The zero-order chi connectivity index (χ0) is 39.4. The number of carboxylic acids is 1. The Labute approximate surface area is 333 Å². The predicted molar refractivity (Wildman–Crippen MR) is 235 cm³/mol. The number of unbranched alkanes of at least 4 members (excludes halogenated alkanes) is 5. The smallest absolute Gasteiger partial charge is 0.311 e. The molecule has 0 saturated carbocycles. The number of thioether (sulfide) groups is 2. The van der Waals surface area contributed by atoms with Crippen LogP contribution in [0.25, 0.3) is 0 Å². The van der Waals surface area contributed by atoms with E-state index in [1.165, 1.54) is 49.1 Å². The van der Waals surface area contributed by atoms with Gasteiger partial charge in [-0.2, -0.15) is 0 Å². The highest BCUT2D eigenvalue weighted by atomic mass is 32.2. The molecule has 0 bridgehead atoms. The molecule has 1 rings (SSSR count). The largest absolute Gasteiger partial charge is 0.481 e. The summed E-state index contributed by atoms with van der Waals surface area (Å²) in [5, 5.41) is 11.4. The van der Waals surface area contributed by atoms with E-state index in [1.54, 1.807) is 30.8 Å². The summed E-state index contributed by atoms with van der Waals surface area (Å²) in [6.07, 6.45) is 9.98. The number of rotatable bonds is 27. The minimum atomic E-state index is -2.24. The van der Waals surface area contributed by atoms with Gasteiger partial charge in [0.25, 0.3) is 0 Å². The molecule has 0 radical (unpaired) electrons. The summed E-state index contributed by atoms with van der Waals surface area (Å²) in [6.45, 7) is 18.5. The quantitative estimate of drug-likeness (QED) is 0.0510. The third-order valence-electron chi connectivity index (χ3n) is 8.85. The molecule has 0 aliphatic rings. The van der Waals surface area contributed by atoms with Crippen LogP contribution in [-0.2, 0) is 35.5 Å². The number of carbonyl (C=O) groups is 3. The maximum Gasteiger partial charge on any atom is 0.311 e. The molecule has 0 fully saturated rings. The van der Waals surface area contributed by atoms with Crippen molar-refractivity contribution in [3.63, 3.8) is 0 Å². The summed E-state index contributed by atoms with van der Waals surface area (Å²) in [5.74, 6) is -0.487. The molecule has 2 N–H and O–H groups in total. The molecule has 2 atom stereocenters. The number of aryl methyl sites for hydroxylation is 1. The first kappa shape index (κ1) is 49.0. The van der Waals surface area contributed by atoms with E-state index in [2.05, 4.69) is 82.7 Å². The van der Waals surface area contributed by atoms with Crippen molar-refractivity contribution in [2.45, 2.75) is 148 Å². The van der Waals surface area contributed by atoms with Gasteiger partial charge in [0.05, 0.1) is 5.25 Å². The van der Waals surface area contributed by atoms with Crippen molar-refractivity contribution in [3.05, 3.63) is 35.4 Å². The van der Waals surface area contributed by atoms with Gasteiger partial charge in [0.15, 0.2) is 16.6 Å². The lowest BCUT2D eigenvalue weighted by Crippen LogP contribution is -2.52. The summed E-state index contributed by atoms with van der Waals surface area (Å²) < 4.78 is 14.3. The highest BCUT2D eigenvalue weighted by molar-refractivity contribution is 8.47. The van der Waals surface area contributed by atoms with Crippen LogP contribution in [0, 0.1) is 5.92 Å².